The van der Waals surface area contributed by atoms with E-state index in [1.165, 1.54) is 7.11 Å². The number of nitrogens with two attached hydrogens (primary N) is 1. The minimum atomic E-state index is -0.940. The van der Waals surface area contributed by atoms with Crippen LogP contribution in [0.1, 0.15) is 60.4 Å². The summed E-state index contributed by atoms with van der Waals surface area (Å²) in [7, 11) is 1.47. The van der Waals surface area contributed by atoms with Crippen LogP contribution in [0.2, 0.25) is 0 Å². The summed E-state index contributed by atoms with van der Waals surface area (Å²) in [4.78, 5) is 26.8. The van der Waals surface area contributed by atoms with Crippen molar-refractivity contribution in [3.8, 4) is 11.5 Å². The van der Waals surface area contributed by atoms with Crippen LogP contribution in [0.15, 0.2) is 60.7 Å². The number of aliphatic hydroxyl groups excluding tert-OH is 1. The van der Waals surface area contributed by atoms with Crippen LogP contribution in [0, 0.1) is 5.92 Å². The Labute approximate surface area is 263 Å². The molecule has 2 aliphatic rings. The fourth-order valence-electron chi connectivity index (χ4n) is 4.95. The van der Waals surface area contributed by atoms with Gasteiger partial charge in [0.05, 0.1) is 11.7 Å². The van der Waals surface area contributed by atoms with Crippen LogP contribution in [0.3, 0.4) is 0 Å². The molecule has 0 aromatic heterocycles. The van der Waals surface area contributed by atoms with Gasteiger partial charge < -0.3 is 44.0 Å². The van der Waals surface area contributed by atoms with E-state index in [4.69, 9.17) is 38.9 Å². The molecule has 1 fully saturated rings. The third kappa shape index (κ3) is 9.15. The smallest absolute Gasteiger partial charge is 0.342 e. The summed E-state index contributed by atoms with van der Waals surface area (Å²) in [6.45, 7) is 7.14. The average molecular weight is 626 g/mol. The number of methoxy groups -OCH3 is 1. The fourth-order valence-corrected chi connectivity index (χ4v) is 4.95. The number of cyclic esters (lactones) is 1. The van der Waals surface area contributed by atoms with Crippen LogP contribution in [-0.4, -0.2) is 80.4 Å². The zero-order chi connectivity index (χ0) is 32.6. The molecule has 45 heavy (non-hydrogen) atoms. The van der Waals surface area contributed by atoms with E-state index in [2.05, 4.69) is 0 Å². The van der Waals surface area contributed by atoms with Gasteiger partial charge in [-0.15, -0.1) is 0 Å². The van der Waals surface area contributed by atoms with Crippen molar-refractivity contribution in [2.45, 2.75) is 70.4 Å². The predicted molar refractivity (Wildman–Crippen MR) is 166 cm³/mol. The van der Waals surface area contributed by atoms with Gasteiger partial charge in [-0.3, -0.25) is 0 Å². The van der Waals surface area contributed by atoms with Gasteiger partial charge >= 0.3 is 11.9 Å². The van der Waals surface area contributed by atoms with Crippen molar-refractivity contribution in [3.63, 3.8) is 0 Å². The molecule has 1 saturated heterocycles. The minimum absolute atomic E-state index is 0.0251. The molecule has 4 rings (SSSR count). The van der Waals surface area contributed by atoms with Crippen molar-refractivity contribution in [1.29, 1.82) is 0 Å². The highest BCUT2D eigenvalue weighted by molar-refractivity contribution is 5.97. The van der Waals surface area contributed by atoms with Gasteiger partial charge in [-0.05, 0) is 57.0 Å². The second-order valence-corrected chi connectivity index (χ2v) is 11.5. The molecule has 244 valence electrons. The Kier molecular flexibility index (Phi) is 11.8. The molecule has 11 heteroatoms. The topological polar surface area (TPSA) is 145 Å². The number of carbonyl (C=O) groups is 2. The molecule has 2 aromatic rings. The number of rotatable bonds is 9. The summed E-state index contributed by atoms with van der Waals surface area (Å²) >= 11 is 0. The quantitative estimate of drug-likeness (QED) is 0.234. The van der Waals surface area contributed by atoms with Crippen molar-refractivity contribution < 1.29 is 47.9 Å². The highest BCUT2D eigenvalue weighted by atomic mass is 16.8. The molecule has 0 spiro atoms. The largest absolute Gasteiger partial charge is 0.491 e. The van der Waals surface area contributed by atoms with E-state index in [0.717, 1.165) is 0 Å². The van der Waals surface area contributed by atoms with Crippen molar-refractivity contribution in [3.05, 3.63) is 77.4 Å². The summed E-state index contributed by atoms with van der Waals surface area (Å²) < 4.78 is 41.1. The summed E-state index contributed by atoms with van der Waals surface area (Å²) in [5, 5.41) is 9.94. The molecule has 2 heterocycles. The van der Waals surface area contributed by atoms with E-state index in [9.17, 15) is 14.7 Å². The standard InChI is InChI=1S/C34H43NO10/c1-21-14-15-27(43-32(37)23-10-7-6-8-11-23)31-28(44-34(3,4)45-31)13-9-12-24-16-26(40-19-25(36)18-35)17-29(41-20-39-5)30(24)33(38)42-22(21)2/h6-12,14-17,21-22,25,27-28,31,36H,13,18-20,35H2,1-5H3/t21-,22+,25?,27?,28+,31-/m1/s1. The molecular weight excluding hydrogens is 582 g/mol. The molecule has 0 amide bonds. The fraction of sp³-hybridized carbons (Fsp3) is 0.471. The third-order valence-electron chi connectivity index (χ3n) is 7.46. The molecule has 0 radical (unpaired) electrons. The molecular formula is C34H43NO10. The number of benzene rings is 2. The van der Waals surface area contributed by atoms with E-state index in [1.54, 1.807) is 55.5 Å². The molecule has 0 aliphatic carbocycles. The van der Waals surface area contributed by atoms with Gasteiger partial charge in [0, 0.05) is 25.6 Å². The lowest BCUT2D eigenvalue weighted by molar-refractivity contribution is -0.152. The highest BCUT2D eigenvalue weighted by Crippen LogP contribution is 2.36. The lowest BCUT2D eigenvalue weighted by atomic mass is 9.98. The van der Waals surface area contributed by atoms with Gasteiger partial charge in [-0.1, -0.05) is 43.4 Å². The third-order valence-corrected chi connectivity index (χ3v) is 7.46. The Bertz CT molecular complexity index is 1360. The predicted octanol–water partition coefficient (Wildman–Crippen LogP) is 4.27. The monoisotopic (exact) mass is 625 g/mol. The summed E-state index contributed by atoms with van der Waals surface area (Å²) in [6.07, 6.45) is 4.19. The normalized spacial score (nSPS) is 25.3. The number of fused-ring (bicyclic) bond motifs is 2. The molecule has 11 nitrogen and oxygen atoms in total. The van der Waals surface area contributed by atoms with E-state index in [-0.39, 0.29) is 37.2 Å². The van der Waals surface area contributed by atoms with Crippen molar-refractivity contribution in [2.75, 3.05) is 27.1 Å². The van der Waals surface area contributed by atoms with Gasteiger partial charge in [0.25, 0.3) is 0 Å². The summed E-state index contributed by atoms with van der Waals surface area (Å²) in [6, 6.07) is 11.9. The SMILES string of the molecule is COCOc1cc(OCC(O)CN)cc2c1C(=O)O[C@@H](C)[C@H](C)C=CC(OC(=O)c1ccccc1)[C@H]1OC(C)(C)O[C@H]1CC=C2. The summed E-state index contributed by atoms with van der Waals surface area (Å²) in [5.41, 5.74) is 6.59. The van der Waals surface area contributed by atoms with Crippen LogP contribution in [0.25, 0.3) is 6.08 Å². The zero-order valence-corrected chi connectivity index (χ0v) is 26.3. The first-order chi connectivity index (χ1) is 21.5. The summed E-state index contributed by atoms with van der Waals surface area (Å²) in [5.74, 6) is -1.77. The van der Waals surface area contributed by atoms with E-state index in [0.29, 0.717) is 23.3 Å². The lowest BCUT2D eigenvalue weighted by Crippen LogP contribution is -2.37. The van der Waals surface area contributed by atoms with E-state index >= 15 is 0 Å². The second-order valence-electron chi connectivity index (χ2n) is 11.5. The van der Waals surface area contributed by atoms with Gasteiger partial charge in [0.1, 0.15) is 48.1 Å². The van der Waals surface area contributed by atoms with Gasteiger partial charge in [-0.2, -0.15) is 0 Å². The molecule has 2 aliphatic heterocycles. The average Bonchev–Trinajstić information content (AvgIpc) is 3.33. The Morgan fingerprint density at radius 1 is 1.11 bits per heavy atom. The van der Waals surface area contributed by atoms with Crippen LogP contribution < -0.4 is 15.2 Å². The molecule has 2 unspecified atom stereocenters. The van der Waals surface area contributed by atoms with Crippen LogP contribution >= 0.6 is 0 Å². The first kappa shape index (κ1) is 34.1. The van der Waals surface area contributed by atoms with Gasteiger partial charge in [-0.25, -0.2) is 9.59 Å². The Hall–Kier alpha value is -3.74. The molecule has 6 atom stereocenters. The molecule has 3 N–H and O–H groups in total. The first-order valence-electron chi connectivity index (χ1n) is 15.0. The Balaban J connectivity index is 1.74. The lowest BCUT2D eigenvalue weighted by Gasteiger charge is -2.26. The van der Waals surface area contributed by atoms with Gasteiger partial charge in [0.2, 0.25) is 0 Å². The van der Waals surface area contributed by atoms with Crippen LogP contribution in [-0.2, 0) is 23.7 Å². The molecule has 0 bridgehead atoms. The Morgan fingerprint density at radius 3 is 2.58 bits per heavy atom. The maximum absolute atomic E-state index is 13.7. The first-order valence-corrected chi connectivity index (χ1v) is 15.0. The van der Waals surface area contributed by atoms with Crippen molar-refractivity contribution in [2.24, 2.45) is 11.7 Å². The number of hydrogen-bond acceptors (Lipinski definition) is 11. The molecule has 0 saturated carbocycles. The number of ether oxygens (including phenoxy) is 7. The van der Waals surface area contributed by atoms with Crippen molar-refractivity contribution >= 4 is 18.0 Å². The highest BCUT2D eigenvalue weighted by Gasteiger charge is 2.45. The second kappa shape index (κ2) is 15.5. The zero-order valence-electron chi connectivity index (χ0n) is 26.3. The van der Waals surface area contributed by atoms with Crippen molar-refractivity contribution in [1.82, 2.24) is 0 Å². The number of esters is 2. The maximum atomic E-state index is 13.7. The minimum Gasteiger partial charge on any atom is -0.491 e. The van der Waals surface area contributed by atoms with E-state index in [1.807, 2.05) is 39.0 Å². The van der Waals surface area contributed by atoms with Crippen LogP contribution in [0.5, 0.6) is 11.5 Å². The number of hydrogen-bond donors (Lipinski definition) is 2. The molecule has 2 aromatic carbocycles. The Morgan fingerprint density at radius 2 is 1.87 bits per heavy atom. The van der Waals surface area contributed by atoms with E-state index < -0.39 is 48.2 Å². The van der Waals surface area contributed by atoms with Gasteiger partial charge in [0.15, 0.2) is 12.6 Å². The number of carbonyl (C=O) groups excluding carboxylic acids is 2. The van der Waals surface area contributed by atoms with Crippen LogP contribution in [0.4, 0.5) is 0 Å². The maximum Gasteiger partial charge on any atom is 0.342 e. The number of aliphatic hydroxyl groups is 1.